The number of amides is 1. The monoisotopic (exact) mass is 282 g/mol. The molecular weight excluding hydrogens is 248 g/mol. The zero-order valence-corrected chi connectivity index (χ0v) is 14.1. The van der Waals surface area contributed by atoms with Gasteiger partial charge < -0.3 is 4.90 Å². The highest BCUT2D eigenvalue weighted by atomic mass is 16.2. The Kier molecular flexibility index (Phi) is 7.57. The van der Waals surface area contributed by atoms with Crippen LogP contribution in [-0.2, 0) is 4.79 Å². The summed E-state index contributed by atoms with van der Waals surface area (Å²) in [6, 6.07) is 0.472. The Morgan fingerprint density at radius 3 is 2.35 bits per heavy atom. The van der Waals surface area contributed by atoms with E-state index in [1.165, 1.54) is 12.8 Å². The van der Waals surface area contributed by atoms with E-state index in [9.17, 15) is 4.79 Å². The van der Waals surface area contributed by atoms with Crippen molar-refractivity contribution < 1.29 is 4.79 Å². The first-order valence-corrected chi connectivity index (χ1v) is 8.63. The molecule has 3 nitrogen and oxygen atoms in total. The molecule has 1 amide bonds. The molecule has 0 radical (unpaired) electrons. The van der Waals surface area contributed by atoms with Crippen LogP contribution in [0.2, 0.25) is 0 Å². The maximum atomic E-state index is 12.7. The first-order chi connectivity index (χ1) is 9.54. The normalized spacial score (nSPS) is 24.7. The molecule has 0 aromatic heterocycles. The van der Waals surface area contributed by atoms with Gasteiger partial charge in [-0.05, 0) is 31.6 Å². The first kappa shape index (κ1) is 17.5. The average molecular weight is 282 g/mol. The molecule has 3 unspecified atom stereocenters. The van der Waals surface area contributed by atoms with E-state index in [0.717, 1.165) is 32.1 Å². The lowest BCUT2D eigenvalue weighted by Crippen LogP contribution is -2.45. The number of hydrogen-bond donors (Lipinski definition) is 1. The van der Waals surface area contributed by atoms with Gasteiger partial charge >= 0.3 is 0 Å². The van der Waals surface area contributed by atoms with Gasteiger partial charge in [0.1, 0.15) is 0 Å². The fourth-order valence-corrected chi connectivity index (χ4v) is 3.27. The molecule has 1 saturated heterocycles. The standard InChI is InChI=1S/C17H34N2O/c1-6-9-11-14(10-7-2)19-16(12-13(4)5)18-15(8-3)17(19)20/h13-16,18H,6-12H2,1-5H3. The second kappa shape index (κ2) is 8.66. The maximum Gasteiger partial charge on any atom is 0.241 e. The minimum absolute atomic E-state index is 0.0414. The summed E-state index contributed by atoms with van der Waals surface area (Å²) in [6.07, 6.45) is 8.10. The van der Waals surface area contributed by atoms with Gasteiger partial charge in [0.15, 0.2) is 0 Å². The summed E-state index contributed by atoms with van der Waals surface area (Å²) >= 11 is 0. The Morgan fingerprint density at radius 1 is 1.15 bits per heavy atom. The highest BCUT2D eigenvalue weighted by Gasteiger charge is 2.40. The average Bonchev–Trinajstić information content (AvgIpc) is 2.70. The Hall–Kier alpha value is -0.570. The second-order valence-corrected chi connectivity index (χ2v) is 6.60. The molecule has 1 rings (SSSR count). The number of hydrogen-bond acceptors (Lipinski definition) is 2. The Bertz CT molecular complexity index is 291. The zero-order valence-electron chi connectivity index (χ0n) is 14.1. The summed E-state index contributed by atoms with van der Waals surface area (Å²) in [4.78, 5) is 14.9. The lowest BCUT2D eigenvalue weighted by Gasteiger charge is -2.33. The van der Waals surface area contributed by atoms with Gasteiger partial charge in [0, 0.05) is 6.04 Å². The van der Waals surface area contributed by atoms with Crippen LogP contribution in [0.5, 0.6) is 0 Å². The van der Waals surface area contributed by atoms with E-state index in [2.05, 4.69) is 44.8 Å². The molecule has 0 aliphatic carbocycles. The second-order valence-electron chi connectivity index (χ2n) is 6.60. The fourth-order valence-electron chi connectivity index (χ4n) is 3.27. The third-order valence-corrected chi connectivity index (χ3v) is 4.29. The van der Waals surface area contributed by atoms with E-state index in [0.29, 0.717) is 17.9 Å². The van der Waals surface area contributed by atoms with Crippen molar-refractivity contribution in [3.05, 3.63) is 0 Å². The van der Waals surface area contributed by atoms with Crippen LogP contribution in [0.3, 0.4) is 0 Å². The molecule has 1 N–H and O–H groups in total. The van der Waals surface area contributed by atoms with Gasteiger partial charge in [-0.15, -0.1) is 0 Å². The van der Waals surface area contributed by atoms with Crippen molar-refractivity contribution in [2.75, 3.05) is 0 Å². The van der Waals surface area contributed by atoms with Crippen LogP contribution in [0, 0.1) is 5.92 Å². The Balaban J connectivity index is 2.83. The molecule has 0 bridgehead atoms. The third kappa shape index (κ3) is 4.47. The molecular formula is C17H34N2O. The van der Waals surface area contributed by atoms with Gasteiger partial charge in [-0.25, -0.2) is 0 Å². The first-order valence-electron chi connectivity index (χ1n) is 8.63. The summed E-state index contributed by atoms with van der Waals surface area (Å²) < 4.78 is 0. The third-order valence-electron chi connectivity index (χ3n) is 4.29. The highest BCUT2D eigenvalue weighted by molar-refractivity contribution is 5.84. The quantitative estimate of drug-likeness (QED) is 0.695. The number of nitrogens with one attached hydrogen (secondary N) is 1. The minimum Gasteiger partial charge on any atom is -0.323 e. The smallest absolute Gasteiger partial charge is 0.241 e. The van der Waals surface area contributed by atoms with Crippen molar-refractivity contribution in [2.24, 2.45) is 5.92 Å². The van der Waals surface area contributed by atoms with Crippen LogP contribution >= 0.6 is 0 Å². The summed E-state index contributed by atoms with van der Waals surface area (Å²) in [7, 11) is 0. The van der Waals surface area contributed by atoms with Gasteiger partial charge in [0.05, 0.1) is 12.2 Å². The topological polar surface area (TPSA) is 32.3 Å². The molecule has 118 valence electrons. The van der Waals surface area contributed by atoms with Gasteiger partial charge in [-0.2, -0.15) is 0 Å². The van der Waals surface area contributed by atoms with Gasteiger partial charge in [-0.1, -0.05) is 53.9 Å². The molecule has 0 spiro atoms. The van der Waals surface area contributed by atoms with E-state index in [4.69, 9.17) is 0 Å². The van der Waals surface area contributed by atoms with Crippen molar-refractivity contribution in [1.82, 2.24) is 10.2 Å². The van der Waals surface area contributed by atoms with Gasteiger partial charge in [0.2, 0.25) is 5.91 Å². The molecule has 3 heteroatoms. The molecule has 3 atom stereocenters. The molecule has 0 aromatic carbocycles. The number of rotatable bonds is 9. The van der Waals surface area contributed by atoms with Crippen molar-refractivity contribution in [2.45, 2.75) is 97.8 Å². The summed E-state index contributed by atoms with van der Waals surface area (Å²) in [5.74, 6) is 0.958. The Labute approximate surface area is 125 Å². The van der Waals surface area contributed by atoms with E-state index in [-0.39, 0.29) is 12.2 Å². The predicted molar refractivity (Wildman–Crippen MR) is 85.5 cm³/mol. The summed E-state index contributed by atoms with van der Waals surface area (Å²) in [6.45, 7) is 11.0. The van der Waals surface area contributed by atoms with Crippen LogP contribution < -0.4 is 5.32 Å². The highest BCUT2D eigenvalue weighted by Crippen LogP contribution is 2.26. The fraction of sp³-hybridized carbons (Fsp3) is 0.941. The molecule has 0 saturated carbocycles. The van der Waals surface area contributed by atoms with Crippen molar-refractivity contribution in [3.63, 3.8) is 0 Å². The van der Waals surface area contributed by atoms with Crippen LogP contribution in [0.15, 0.2) is 0 Å². The van der Waals surface area contributed by atoms with Crippen molar-refractivity contribution in [1.29, 1.82) is 0 Å². The predicted octanol–water partition coefficient (Wildman–Crippen LogP) is 3.93. The number of carbonyl (C=O) groups excluding carboxylic acids is 1. The van der Waals surface area contributed by atoms with E-state index >= 15 is 0 Å². The maximum absolute atomic E-state index is 12.7. The lowest BCUT2D eigenvalue weighted by atomic mass is 10.0. The number of nitrogens with zero attached hydrogens (tertiary/aromatic N) is 1. The van der Waals surface area contributed by atoms with Crippen LogP contribution in [0.1, 0.15) is 79.6 Å². The molecule has 20 heavy (non-hydrogen) atoms. The number of unbranched alkanes of at least 4 members (excludes halogenated alkanes) is 1. The Morgan fingerprint density at radius 2 is 1.85 bits per heavy atom. The summed E-state index contributed by atoms with van der Waals surface area (Å²) in [5.41, 5.74) is 0. The van der Waals surface area contributed by atoms with E-state index < -0.39 is 0 Å². The molecule has 0 aromatic rings. The lowest BCUT2D eigenvalue weighted by molar-refractivity contribution is -0.132. The summed E-state index contributed by atoms with van der Waals surface area (Å²) in [5, 5.41) is 3.56. The van der Waals surface area contributed by atoms with Crippen LogP contribution in [0.25, 0.3) is 0 Å². The SMILES string of the molecule is CCCCC(CCC)N1C(=O)C(CC)NC1CC(C)C. The van der Waals surface area contributed by atoms with E-state index in [1.807, 2.05) is 0 Å². The van der Waals surface area contributed by atoms with Gasteiger partial charge in [0.25, 0.3) is 0 Å². The molecule has 1 aliphatic heterocycles. The number of carbonyl (C=O) groups is 1. The van der Waals surface area contributed by atoms with Crippen LogP contribution in [0.4, 0.5) is 0 Å². The van der Waals surface area contributed by atoms with Crippen molar-refractivity contribution in [3.8, 4) is 0 Å². The van der Waals surface area contributed by atoms with Crippen molar-refractivity contribution >= 4 is 5.91 Å². The molecule has 1 heterocycles. The molecule has 1 aliphatic rings. The van der Waals surface area contributed by atoms with Crippen LogP contribution in [-0.4, -0.2) is 29.1 Å². The van der Waals surface area contributed by atoms with Gasteiger partial charge in [-0.3, -0.25) is 10.1 Å². The van der Waals surface area contributed by atoms with E-state index in [1.54, 1.807) is 0 Å². The largest absolute Gasteiger partial charge is 0.323 e. The molecule has 1 fully saturated rings. The minimum atomic E-state index is 0.0414. The zero-order chi connectivity index (χ0) is 15.1.